The van der Waals surface area contributed by atoms with E-state index in [1.54, 1.807) is 0 Å². The van der Waals surface area contributed by atoms with Crippen LogP contribution in [0.1, 0.15) is 10.4 Å². The lowest BCUT2D eigenvalue weighted by Crippen LogP contribution is -2.22. The summed E-state index contributed by atoms with van der Waals surface area (Å²) >= 11 is 0. The largest absolute Gasteiger partial charge is 0.452 e. The van der Waals surface area contributed by atoms with Gasteiger partial charge < -0.3 is 10.1 Å². The number of carbonyl (C=O) groups is 2. The fraction of sp³-hybridized carbons (Fsp3) is 0.0667. The van der Waals surface area contributed by atoms with E-state index in [0.29, 0.717) is 0 Å². The predicted molar refractivity (Wildman–Crippen MR) is 71.6 cm³/mol. The molecule has 0 atom stereocenters. The van der Waals surface area contributed by atoms with Crippen LogP contribution < -0.4 is 5.32 Å². The van der Waals surface area contributed by atoms with Crippen molar-refractivity contribution in [1.82, 2.24) is 0 Å². The number of halogens is 4. The van der Waals surface area contributed by atoms with Crippen LogP contribution in [0.5, 0.6) is 0 Å². The number of anilines is 1. The minimum absolute atomic E-state index is 0.455. The molecular formula is C15H9F4NO3. The minimum atomic E-state index is -1.39. The third kappa shape index (κ3) is 4.06. The molecule has 2 aromatic rings. The van der Waals surface area contributed by atoms with Gasteiger partial charge in [-0.2, -0.15) is 0 Å². The molecule has 0 aliphatic heterocycles. The van der Waals surface area contributed by atoms with E-state index in [1.807, 2.05) is 5.32 Å². The molecule has 2 rings (SSSR count). The van der Waals surface area contributed by atoms with Gasteiger partial charge in [-0.25, -0.2) is 22.4 Å². The molecule has 0 saturated heterocycles. The summed E-state index contributed by atoms with van der Waals surface area (Å²) in [6, 6.07) is 5.13. The van der Waals surface area contributed by atoms with Crippen LogP contribution in [-0.2, 0) is 9.53 Å². The van der Waals surface area contributed by atoms with E-state index in [9.17, 15) is 27.2 Å². The Kier molecular flexibility index (Phi) is 4.95. The number of amides is 1. The van der Waals surface area contributed by atoms with Crippen molar-refractivity contribution in [1.29, 1.82) is 0 Å². The summed E-state index contributed by atoms with van der Waals surface area (Å²) in [5.41, 5.74) is -1.40. The van der Waals surface area contributed by atoms with Gasteiger partial charge in [0.2, 0.25) is 0 Å². The molecule has 1 amide bonds. The van der Waals surface area contributed by atoms with E-state index in [-0.39, 0.29) is 0 Å². The summed E-state index contributed by atoms with van der Waals surface area (Å²) in [5, 5.41) is 1.97. The SMILES string of the molecule is O=C(COC(=O)c1c(F)cccc1F)Nc1cc(F)ccc1F. The predicted octanol–water partition coefficient (Wildman–Crippen LogP) is 3.04. The van der Waals surface area contributed by atoms with E-state index in [2.05, 4.69) is 4.74 Å². The first-order valence-corrected chi connectivity index (χ1v) is 6.24. The lowest BCUT2D eigenvalue weighted by molar-refractivity contribution is -0.119. The second-order valence-electron chi connectivity index (χ2n) is 4.35. The Hall–Kier alpha value is -2.90. The third-order valence-electron chi connectivity index (χ3n) is 2.70. The van der Waals surface area contributed by atoms with Gasteiger partial charge in [-0.3, -0.25) is 4.79 Å². The van der Waals surface area contributed by atoms with Crippen LogP contribution in [0.15, 0.2) is 36.4 Å². The van der Waals surface area contributed by atoms with Crippen LogP contribution in [0.2, 0.25) is 0 Å². The zero-order valence-corrected chi connectivity index (χ0v) is 11.4. The standard InChI is InChI=1S/C15H9F4NO3/c16-8-4-5-9(17)12(6-8)20-13(21)7-23-15(22)14-10(18)2-1-3-11(14)19/h1-6H,7H2,(H,20,21). The zero-order valence-electron chi connectivity index (χ0n) is 11.4. The number of hydrogen-bond acceptors (Lipinski definition) is 3. The van der Waals surface area contributed by atoms with E-state index in [1.165, 1.54) is 0 Å². The smallest absolute Gasteiger partial charge is 0.344 e. The summed E-state index contributed by atoms with van der Waals surface area (Å²) in [4.78, 5) is 23.1. The lowest BCUT2D eigenvalue weighted by Gasteiger charge is -2.08. The molecule has 1 N–H and O–H groups in total. The molecule has 0 spiro atoms. The van der Waals surface area contributed by atoms with Crippen LogP contribution in [0.3, 0.4) is 0 Å². The maximum atomic E-state index is 13.3. The quantitative estimate of drug-likeness (QED) is 0.694. The van der Waals surface area contributed by atoms with E-state index >= 15 is 0 Å². The number of benzene rings is 2. The van der Waals surface area contributed by atoms with Crippen molar-refractivity contribution in [2.75, 3.05) is 11.9 Å². The Bertz CT molecular complexity index is 744. The van der Waals surface area contributed by atoms with Crippen LogP contribution in [0.25, 0.3) is 0 Å². The molecule has 0 bridgehead atoms. The number of hydrogen-bond donors (Lipinski definition) is 1. The van der Waals surface area contributed by atoms with Gasteiger partial charge in [-0.05, 0) is 24.3 Å². The van der Waals surface area contributed by atoms with Crippen LogP contribution in [0.4, 0.5) is 23.2 Å². The average molecular weight is 327 g/mol. The normalized spacial score (nSPS) is 10.3. The summed E-state index contributed by atoms with van der Waals surface area (Å²) in [6.07, 6.45) is 0. The molecule has 23 heavy (non-hydrogen) atoms. The van der Waals surface area contributed by atoms with Crippen LogP contribution >= 0.6 is 0 Å². The summed E-state index contributed by atoms with van der Waals surface area (Å²) in [5.74, 6) is -6.37. The summed E-state index contributed by atoms with van der Waals surface area (Å²) in [7, 11) is 0. The molecule has 0 aliphatic rings. The molecule has 4 nitrogen and oxygen atoms in total. The highest BCUT2D eigenvalue weighted by Gasteiger charge is 2.19. The van der Waals surface area contributed by atoms with Gasteiger partial charge in [-0.1, -0.05) is 6.07 Å². The molecule has 8 heteroatoms. The highest BCUT2D eigenvalue weighted by Crippen LogP contribution is 2.16. The van der Waals surface area contributed by atoms with Gasteiger partial charge in [-0.15, -0.1) is 0 Å². The minimum Gasteiger partial charge on any atom is -0.452 e. The van der Waals surface area contributed by atoms with Gasteiger partial charge in [0.1, 0.15) is 28.8 Å². The van der Waals surface area contributed by atoms with Crippen molar-refractivity contribution in [3.63, 3.8) is 0 Å². The average Bonchev–Trinajstić information content (AvgIpc) is 2.49. The van der Waals surface area contributed by atoms with Crippen molar-refractivity contribution in [3.05, 3.63) is 65.2 Å². The second-order valence-corrected chi connectivity index (χ2v) is 4.35. The van der Waals surface area contributed by atoms with Gasteiger partial charge >= 0.3 is 5.97 Å². The molecule has 0 aromatic heterocycles. The molecule has 0 unspecified atom stereocenters. The van der Waals surface area contributed by atoms with E-state index in [4.69, 9.17) is 0 Å². The van der Waals surface area contributed by atoms with Gasteiger partial charge in [0.15, 0.2) is 6.61 Å². The van der Waals surface area contributed by atoms with Gasteiger partial charge in [0.25, 0.3) is 5.91 Å². The topological polar surface area (TPSA) is 55.4 Å². The molecule has 120 valence electrons. The number of rotatable bonds is 4. The molecule has 0 saturated carbocycles. The maximum absolute atomic E-state index is 13.3. The lowest BCUT2D eigenvalue weighted by atomic mass is 10.2. The Morgan fingerprint density at radius 3 is 2.26 bits per heavy atom. The summed E-state index contributed by atoms with van der Waals surface area (Å²) < 4.78 is 57.4. The fourth-order valence-electron chi connectivity index (χ4n) is 1.68. The Balaban J connectivity index is 1.99. The van der Waals surface area contributed by atoms with Crippen LogP contribution in [0, 0.1) is 23.3 Å². The van der Waals surface area contributed by atoms with Crippen molar-refractivity contribution >= 4 is 17.6 Å². The Labute approximate surface area is 127 Å². The maximum Gasteiger partial charge on any atom is 0.344 e. The fourth-order valence-corrected chi connectivity index (χ4v) is 1.68. The third-order valence-corrected chi connectivity index (χ3v) is 2.70. The number of carbonyl (C=O) groups excluding carboxylic acids is 2. The second kappa shape index (κ2) is 6.91. The Morgan fingerprint density at radius 1 is 0.957 bits per heavy atom. The molecule has 0 fully saturated rings. The zero-order chi connectivity index (χ0) is 17.0. The van der Waals surface area contributed by atoms with E-state index < -0.39 is 53.0 Å². The first-order chi connectivity index (χ1) is 10.9. The Morgan fingerprint density at radius 2 is 1.61 bits per heavy atom. The van der Waals surface area contributed by atoms with Crippen molar-refractivity contribution < 1.29 is 31.9 Å². The molecular weight excluding hydrogens is 318 g/mol. The van der Waals surface area contributed by atoms with Crippen LogP contribution in [-0.4, -0.2) is 18.5 Å². The van der Waals surface area contributed by atoms with Crippen molar-refractivity contribution in [2.24, 2.45) is 0 Å². The number of esters is 1. The van der Waals surface area contributed by atoms with Gasteiger partial charge in [0, 0.05) is 6.07 Å². The molecule has 0 heterocycles. The first-order valence-electron chi connectivity index (χ1n) is 6.24. The summed E-state index contributed by atoms with van der Waals surface area (Å²) in [6.45, 7) is -0.928. The number of ether oxygens (including phenoxy) is 1. The van der Waals surface area contributed by atoms with Gasteiger partial charge in [0.05, 0.1) is 5.69 Å². The molecule has 2 aromatic carbocycles. The molecule has 0 aliphatic carbocycles. The van der Waals surface area contributed by atoms with Crippen molar-refractivity contribution in [2.45, 2.75) is 0 Å². The molecule has 0 radical (unpaired) electrons. The highest BCUT2D eigenvalue weighted by molar-refractivity contribution is 5.95. The highest BCUT2D eigenvalue weighted by atomic mass is 19.1. The van der Waals surface area contributed by atoms with Crippen molar-refractivity contribution in [3.8, 4) is 0 Å². The first kappa shape index (κ1) is 16.5. The number of nitrogens with one attached hydrogen (secondary N) is 1. The van der Waals surface area contributed by atoms with E-state index in [0.717, 1.165) is 36.4 Å². The monoisotopic (exact) mass is 327 g/mol.